The maximum atomic E-state index is 13.8. The molecule has 0 saturated heterocycles. The van der Waals surface area contributed by atoms with Crippen LogP contribution in [0.1, 0.15) is 72.0 Å². The summed E-state index contributed by atoms with van der Waals surface area (Å²) in [6, 6.07) is 7.13. The third-order valence-electron chi connectivity index (χ3n) is 8.08. The summed E-state index contributed by atoms with van der Waals surface area (Å²) in [5.74, 6) is 7.94. The molecule has 11 heteroatoms. The summed E-state index contributed by atoms with van der Waals surface area (Å²) < 4.78 is 26.6. The summed E-state index contributed by atoms with van der Waals surface area (Å²) in [5, 5.41) is 13.1. The monoisotopic (exact) mass is 744 g/mol. The van der Waals surface area contributed by atoms with Gasteiger partial charge in [0.25, 0.3) is 5.91 Å². The first-order valence-corrected chi connectivity index (χ1v) is 17.8. The van der Waals surface area contributed by atoms with Crippen molar-refractivity contribution in [1.82, 2.24) is 19.5 Å². The molecule has 1 amide bonds. The number of hydrogen-bond donors (Lipinski definition) is 2. The highest BCUT2D eigenvalue weighted by atomic mass is 127. The van der Waals surface area contributed by atoms with Gasteiger partial charge in [-0.1, -0.05) is 56.4 Å². The first kappa shape index (κ1) is 33.8. The number of aliphatic hydroxyl groups excluding tert-OH is 1. The minimum absolute atomic E-state index is 0.0166. The molecule has 1 aromatic carbocycles. The molecular weight excluding hydrogens is 703 g/mol. The standard InChI is InChI=1S/C34H41IN4O5S/c1-5-7-31(35)45(42)39-20-26-18-27(34(41)36-19-23-10-12-29-30(16-23)44-21-43-29)37-33(32(26)28(39)13-15-40)25-11-9-22(2)24(17-25)8-6-14-38(3)4/h9-12,16-18,22,24,28,31,40H,5,7,13-15,19-21H2,1-4H3,(H,36,41)/t22?,24?,28-,31?,45?/m0/s1. The number of ether oxygens (including phenoxy) is 2. The van der Waals surface area contributed by atoms with E-state index >= 15 is 0 Å². The molecule has 5 atom stereocenters. The zero-order valence-electron chi connectivity index (χ0n) is 26.2. The van der Waals surface area contributed by atoms with Gasteiger partial charge in [-0.05, 0) is 83.9 Å². The molecule has 0 saturated carbocycles. The molecule has 2 aliphatic heterocycles. The van der Waals surface area contributed by atoms with E-state index in [2.05, 4.69) is 71.8 Å². The maximum Gasteiger partial charge on any atom is 0.270 e. The molecule has 3 aliphatic rings. The van der Waals surface area contributed by atoms with Gasteiger partial charge in [0, 0.05) is 31.1 Å². The van der Waals surface area contributed by atoms with E-state index in [1.54, 1.807) is 0 Å². The van der Waals surface area contributed by atoms with E-state index in [9.17, 15) is 14.5 Å². The first-order chi connectivity index (χ1) is 21.7. The van der Waals surface area contributed by atoms with Crippen LogP contribution in [0.15, 0.2) is 42.5 Å². The van der Waals surface area contributed by atoms with Gasteiger partial charge < -0.3 is 24.4 Å². The lowest BCUT2D eigenvalue weighted by molar-refractivity contribution is 0.0945. The number of nitrogens with zero attached hydrogens (tertiary/aromatic N) is 3. The van der Waals surface area contributed by atoms with Crippen molar-refractivity contribution in [3.8, 4) is 23.3 Å². The second-order valence-electron chi connectivity index (χ2n) is 11.8. The second-order valence-corrected chi connectivity index (χ2v) is 15.7. The largest absolute Gasteiger partial charge is 0.597 e. The molecule has 1 aliphatic carbocycles. The fourth-order valence-corrected chi connectivity index (χ4v) is 8.65. The van der Waals surface area contributed by atoms with Crippen LogP contribution in [0.5, 0.6) is 11.5 Å². The highest BCUT2D eigenvalue weighted by Gasteiger charge is 2.43. The number of halogens is 1. The number of aromatic nitrogens is 1. The lowest BCUT2D eigenvalue weighted by atomic mass is 9.84. The molecule has 0 radical (unpaired) electrons. The van der Waals surface area contributed by atoms with E-state index in [1.165, 1.54) is 0 Å². The van der Waals surface area contributed by atoms with Gasteiger partial charge in [0.05, 0.1) is 36.2 Å². The first-order valence-electron chi connectivity index (χ1n) is 15.4. The van der Waals surface area contributed by atoms with Gasteiger partial charge in [0.1, 0.15) is 5.69 Å². The Labute approximate surface area is 282 Å². The number of aliphatic hydroxyl groups is 1. The van der Waals surface area contributed by atoms with E-state index in [0.717, 1.165) is 35.1 Å². The Morgan fingerprint density at radius 3 is 2.87 bits per heavy atom. The van der Waals surface area contributed by atoms with Crippen LogP contribution in [0.2, 0.25) is 0 Å². The summed E-state index contributed by atoms with van der Waals surface area (Å²) in [7, 11) is 3.99. The van der Waals surface area contributed by atoms with E-state index in [4.69, 9.17) is 14.5 Å². The molecule has 2 aromatic rings. The Balaban J connectivity index is 1.51. The molecule has 9 nitrogen and oxygen atoms in total. The number of pyridine rings is 1. The lowest BCUT2D eigenvalue weighted by Gasteiger charge is -2.29. The molecule has 5 rings (SSSR count). The van der Waals surface area contributed by atoms with Crippen LogP contribution < -0.4 is 14.8 Å². The van der Waals surface area contributed by atoms with Crippen molar-refractivity contribution in [2.24, 2.45) is 11.8 Å². The van der Waals surface area contributed by atoms with Crippen molar-refractivity contribution in [1.29, 1.82) is 0 Å². The molecule has 240 valence electrons. The van der Waals surface area contributed by atoms with Gasteiger partial charge in [0.2, 0.25) is 6.79 Å². The summed E-state index contributed by atoms with van der Waals surface area (Å²) >= 11 is 0.987. The van der Waals surface area contributed by atoms with Gasteiger partial charge in [-0.3, -0.25) is 9.69 Å². The summed E-state index contributed by atoms with van der Waals surface area (Å²) in [4.78, 5) is 20.6. The Morgan fingerprint density at radius 1 is 1.31 bits per heavy atom. The van der Waals surface area contributed by atoms with Crippen molar-refractivity contribution < 1.29 is 23.9 Å². The van der Waals surface area contributed by atoms with E-state index in [0.29, 0.717) is 48.9 Å². The summed E-state index contributed by atoms with van der Waals surface area (Å²) in [6.45, 7) is 5.73. The van der Waals surface area contributed by atoms with Crippen LogP contribution in [0.25, 0.3) is 5.57 Å². The number of alkyl halides is 1. The third-order valence-corrected chi connectivity index (χ3v) is 11.5. The molecule has 0 fully saturated rings. The highest BCUT2D eigenvalue weighted by Crippen LogP contribution is 2.44. The van der Waals surface area contributed by atoms with Crippen LogP contribution in [0.4, 0.5) is 0 Å². The number of rotatable bonds is 11. The van der Waals surface area contributed by atoms with E-state index in [-0.39, 0.29) is 40.4 Å². The number of allylic oxidation sites excluding steroid dienone is 4. The van der Waals surface area contributed by atoms with E-state index < -0.39 is 11.4 Å². The molecule has 45 heavy (non-hydrogen) atoms. The van der Waals surface area contributed by atoms with Crippen molar-refractivity contribution in [2.75, 3.05) is 34.0 Å². The second kappa shape index (κ2) is 15.3. The third kappa shape index (κ3) is 7.86. The minimum atomic E-state index is -1.28. The molecular formula is C34H41IN4O5S. The zero-order valence-corrected chi connectivity index (χ0v) is 29.2. The Bertz CT molecular complexity index is 1520. The predicted molar refractivity (Wildman–Crippen MR) is 185 cm³/mol. The highest BCUT2D eigenvalue weighted by molar-refractivity contribution is 14.1. The van der Waals surface area contributed by atoms with Crippen molar-refractivity contribution in [3.05, 3.63) is 70.6 Å². The molecule has 2 N–H and O–H groups in total. The normalized spacial score (nSPS) is 21.6. The maximum absolute atomic E-state index is 13.8. The Morgan fingerprint density at radius 2 is 2.11 bits per heavy atom. The van der Waals surface area contributed by atoms with Crippen molar-refractivity contribution in [3.63, 3.8) is 0 Å². The molecule has 4 unspecified atom stereocenters. The van der Waals surface area contributed by atoms with Gasteiger partial charge in [-0.15, -0.1) is 4.31 Å². The van der Waals surface area contributed by atoms with Crippen molar-refractivity contribution in [2.45, 2.75) is 55.5 Å². The zero-order chi connectivity index (χ0) is 32.1. The number of nitrogens with one attached hydrogen (secondary N) is 1. The van der Waals surface area contributed by atoms with E-state index in [1.807, 2.05) is 47.6 Å². The number of benzene rings is 1. The Kier molecular flexibility index (Phi) is 11.5. The fraction of sp³-hybridized carbons (Fsp3) is 0.471. The number of carbonyl (C=O) groups excluding carboxylic acids is 1. The average Bonchev–Trinajstić information content (AvgIpc) is 3.64. The van der Waals surface area contributed by atoms with Crippen LogP contribution >= 0.6 is 22.6 Å². The van der Waals surface area contributed by atoms with Crippen LogP contribution in [0, 0.1) is 23.7 Å². The van der Waals surface area contributed by atoms with Crippen LogP contribution in [-0.2, 0) is 24.5 Å². The SMILES string of the molecule is CCCC(I)[S+]([O-])N1Cc2cc(C(=O)NCc3ccc4c(c3)OCO4)nc(C3=CC(C#CCN(C)C)C(C)C=C3)c2[C@@H]1CCO. The van der Waals surface area contributed by atoms with Gasteiger partial charge >= 0.3 is 0 Å². The minimum Gasteiger partial charge on any atom is -0.597 e. The van der Waals surface area contributed by atoms with Crippen LogP contribution in [0.3, 0.4) is 0 Å². The van der Waals surface area contributed by atoms with Gasteiger partial charge in [-0.2, -0.15) is 0 Å². The molecule has 1 aromatic heterocycles. The molecule has 3 heterocycles. The average molecular weight is 745 g/mol. The number of fused-ring (bicyclic) bond motifs is 2. The quantitative estimate of drug-likeness (QED) is 0.144. The fourth-order valence-electron chi connectivity index (χ4n) is 5.70. The van der Waals surface area contributed by atoms with Crippen LogP contribution in [-0.4, -0.2) is 67.1 Å². The topological polar surface area (TPSA) is 110 Å². The van der Waals surface area contributed by atoms with Crippen molar-refractivity contribution >= 4 is 45.4 Å². The summed E-state index contributed by atoms with van der Waals surface area (Å²) in [6.07, 6.45) is 8.50. The molecule has 0 spiro atoms. The van der Waals surface area contributed by atoms with Gasteiger partial charge in [-0.25, -0.2) is 4.98 Å². The molecule has 0 bridgehead atoms. The lowest BCUT2D eigenvalue weighted by Crippen LogP contribution is -2.35. The Hall–Kier alpha value is -2.60. The smallest absolute Gasteiger partial charge is 0.270 e. The number of amides is 1. The predicted octanol–water partition coefficient (Wildman–Crippen LogP) is 4.97. The summed E-state index contributed by atoms with van der Waals surface area (Å²) in [5.41, 5.74) is 4.57. The number of carbonyl (C=O) groups is 1. The van der Waals surface area contributed by atoms with Gasteiger partial charge in [0.15, 0.2) is 14.8 Å². The number of hydrogen-bond acceptors (Lipinski definition) is 8.